The number of hydrogen-bond acceptors (Lipinski definition) is 4. The van der Waals surface area contributed by atoms with Gasteiger partial charge in [-0.25, -0.2) is 0 Å². The molecule has 5 nitrogen and oxygen atoms in total. The molecule has 1 aromatic heterocycles. The maximum atomic E-state index is 10.3. The van der Waals surface area contributed by atoms with Gasteiger partial charge in [-0.05, 0) is 12.5 Å². The average Bonchev–Trinajstić information content (AvgIpc) is 2.71. The van der Waals surface area contributed by atoms with Crippen molar-refractivity contribution >= 4 is 0 Å². The Bertz CT molecular complexity index is 384. The smallest absolute Gasteiger partial charge is 0.0815 e. The van der Waals surface area contributed by atoms with Crippen molar-refractivity contribution in [3.63, 3.8) is 0 Å². The third-order valence-electron chi connectivity index (χ3n) is 3.57. The minimum atomic E-state index is -0.607. The molecule has 1 saturated heterocycles. The third-order valence-corrected chi connectivity index (χ3v) is 3.57. The summed E-state index contributed by atoms with van der Waals surface area (Å²) in [7, 11) is 1.96. The SMILES string of the molecule is CCc1cc(CNCC2(O)CCOCC2)n(C)n1. The van der Waals surface area contributed by atoms with Crippen LogP contribution in [0.15, 0.2) is 6.07 Å². The highest BCUT2D eigenvalue weighted by atomic mass is 16.5. The Kier molecular flexibility index (Phi) is 4.37. The zero-order valence-corrected chi connectivity index (χ0v) is 11.3. The number of nitrogens with zero attached hydrogens (tertiary/aromatic N) is 2. The fourth-order valence-electron chi connectivity index (χ4n) is 2.26. The Morgan fingerprint density at radius 3 is 2.83 bits per heavy atom. The van der Waals surface area contributed by atoms with Gasteiger partial charge in [0.2, 0.25) is 0 Å². The van der Waals surface area contributed by atoms with E-state index in [-0.39, 0.29) is 0 Å². The molecule has 0 radical (unpaired) electrons. The molecule has 0 unspecified atom stereocenters. The van der Waals surface area contributed by atoms with Crippen molar-refractivity contribution in [1.82, 2.24) is 15.1 Å². The van der Waals surface area contributed by atoms with Crippen LogP contribution in [0.25, 0.3) is 0 Å². The normalized spacial score (nSPS) is 19.1. The monoisotopic (exact) mass is 253 g/mol. The zero-order valence-electron chi connectivity index (χ0n) is 11.3. The molecule has 2 rings (SSSR count). The van der Waals surface area contributed by atoms with Crippen LogP contribution in [0.3, 0.4) is 0 Å². The molecule has 0 atom stereocenters. The summed E-state index contributed by atoms with van der Waals surface area (Å²) in [5.41, 5.74) is 1.66. The van der Waals surface area contributed by atoms with Crippen molar-refractivity contribution in [2.75, 3.05) is 19.8 Å². The molecule has 0 bridgehead atoms. The lowest BCUT2D eigenvalue weighted by Gasteiger charge is -2.32. The van der Waals surface area contributed by atoms with Crippen LogP contribution in [0.2, 0.25) is 0 Å². The number of aliphatic hydroxyl groups is 1. The second-order valence-corrected chi connectivity index (χ2v) is 5.04. The van der Waals surface area contributed by atoms with Gasteiger partial charge in [0.25, 0.3) is 0 Å². The molecule has 0 aliphatic carbocycles. The molecule has 1 aromatic rings. The molecule has 1 aliphatic heterocycles. The van der Waals surface area contributed by atoms with Crippen LogP contribution in [0.5, 0.6) is 0 Å². The summed E-state index contributed by atoms with van der Waals surface area (Å²) in [5, 5.41) is 18.0. The lowest BCUT2D eigenvalue weighted by atomic mass is 9.94. The molecule has 0 amide bonds. The number of nitrogens with one attached hydrogen (secondary N) is 1. The molecular formula is C13H23N3O2. The first-order valence-corrected chi connectivity index (χ1v) is 6.65. The van der Waals surface area contributed by atoms with E-state index < -0.39 is 5.60 Å². The predicted octanol–water partition coefficient (Wildman–Crippen LogP) is 0.614. The standard InChI is InChI=1S/C13H23N3O2/c1-3-11-8-12(16(2)15-11)9-14-10-13(17)4-6-18-7-5-13/h8,14,17H,3-7,9-10H2,1-2H3. The van der Waals surface area contributed by atoms with Crippen molar-refractivity contribution in [3.05, 3.63) is 17.5 Å². The van der Waals surface area contributed by atoms with Crippen molar-refractivity contribution in [3.8, 4) is 0 Å². The molecule has 5 heteroatoms. The van der Waals surface area contributed by atoms with Gasteiger partial charge < -0.3 is 15.2 Å². The van der Waals surface area contributed by atoms with Crippen LogP contribution in [-0.4, -0.2) is 40.2 Å². The largest absolute Gasteiger partial charge is 0.388 e. The zero-order chi connectivity index (χ0) is 13.0. The van der Waals surface area contributed by atoms with E-state index in [1.807, 2.05) is 11.7 Å². The fraction of sp³-hybridized carbons (Fsp3) is 0.769. The number of rotatable bonds is 5. The van der Waals surface area contributed by atoms with Crippen molar-refractivity contribution in [1.29, 1.82) is 0 Å². The van der Waals surface area contributed by atoms with Crippen LogP contribution in [-0.2, 0) is 24.8 Å². The maximum Gasteiger partial charge on any atom is 0.0815 e. The summed E-state index contributed by atoms with van der Waals surface area (Å²) >= 11 is 0. The summed E-state index contributed by atoms with van der Waals surface area (Å²) in [6.45, 7) is 4.77. The summed E-state index contributed by atoms with van der Waals surface area (Å²) < 4.78 is 7.17. The first-order chi connectivity index (χ1) is 8.63. The van der Waals surface area contributed by atoms with E-state index in [1.165, 1.54) is 0 Å². The van der Waals surface area contributed by atoms with E-state index in [4.69, 9.17) is 4.74 Å². The summed E-state index contributed by atoms with van der Waals surface area (Å²) in [6.07, 6.45) is 2.38. The first-order valence-electron chi connectivity index (χ1n) is 6.65. The number of aromatic nitrogens is 2. The molecule has 0 saturated carbocycles. The van der Waals surface area contributed by atoms with Gasteiger partial charge in [-0.3, -0.25) is 4.68 Å². The van der Waals surface area contributed by atoms with Gasteiger partial charge in [0.05, 0.1) is 17.0 Å². The summed E-state index contributed by atoms with van der Waals surface area (Å²) in [4.78, 5) is 0. The van der Waals surface area contributed by atoms with Gasteiger partial charge >= 0.3 is 0 Å². The van der Waals surface area contributed by atoms with Crippen LogP contribution in [0.4, 0.5) is 0 Å². The molecule has 0 spiro atoms. The number of aryl methyl sites for hydroxylation is 2. The molecule has 1 aliphatic rings. The van der Waals surface area contributed by atoms with Crippen molar-refractivity contribution in [2.24, 2.45) is 7.05 Å². The van der Waals surface area contributed by atoms with E-state index in [0.717, 1.165) is 24.4 Å². The van der Waals surface area contributed by atoms with Crippen molar-refractivity contribution < 1.29 is 9.84 Å². The number of hydrogen-bond donors (Lipinski definition) is 2. The quantitative estimate of drug-likeness (QED) is 0.807. The lowest BCUT2D eigenvalue weighted by molar-refractivity contribution is -0.0617. The average molecular weight is 253 g/mol. The molecule has 0 aromatic carbocycles. The van der Waals surface area contributed by atoms with E-state index in [1.54, 1.807) is 0 Å². The Morgan fingerprint density at radius 2 is 2.22 bits per heavy atom. The topological polar surface area (TPSA) is 59.3 Å². The number of ether oxygens (including phenoxy) is 1. The highest BCUT2D eigenvalue weighted by Gasteiger charge is 2.29. The molecule has 2 N–H and O–H groups in total. The highest BCUT2D eigenvalue weighted by Crippen LogP contribution is 2.19. The van der Waals surface area contributed by atoms with E-state index in [0.29, 0.717) is 32.6 Å². The van der Waals surface area contributed by atoms with Crippen LogP contribution >= 0.6 is 0 Å². The van der Waals surface area contributed by atoms with Gasteiger partial charge in [-0.15, -0.1) is 0 Å². The van der Waals surface area contributed by atoms with Gasteiger partial charge in [-0.1, -0.05) is 6.92 Å². The molecule has 18 heavy (non-hydrogen) atoms. The Balaban J connectivity index is 1.82. The minimum Gasteiger partial charge on any atom is -0.388 e. The molecule has 102 valence electrons. The van der Waals surface area contributed by atoms with Crippen molar-refractivity contribution in [2.45, 2.75) is 38.3 Å². The van der Waals surface area contributed by atoms with Gasteiger partial charge in [0.15, 0.2) is 0 Å². The second-order valence-electron chi connectivity index (χ2n) is 5.04. The molecular weight excluding hydrogens is 230 g/mol. The van der Waals surface area contributed by atoms with Crippen LogP contribution < -0.4 is 5.32 Å². The summed E-state index contributed by atoms with van der Waals surface area (Å²) in [6, 6.07) is 2.11. The van der Waals surface area contributed by atoms with Gasteiger partial charge in [0, 0.05) is 46.2 Å². The van der Waals surface area contributed by atoms with E-state index in [2.05, 4.69) is 23.4 Å². The fourth-order valence-corrected chi connectivity index (χ4v) is 2.26. The third kappa shape index (κ3) is 3.31. The minimum absolute atomic E-state index is 0.607. The van der Waals surface area contributed by atoms with Gasteiger partial charge in [0.1, 0.15) is 0 Å². The second kappa shape index (κ2) is 5.82. The van der Waals surface area contributed by atoms with Gasteiger partial charge in [-0.2, -0.15) is 5.10 Å². The Labute approximate surface area is 108 Å². The predicted molar refractivity (Wildman–Crippen MR) is 69.3 cm³/mol. The Hall–Kier alpha value is -0.910. The van der Waals surface area contributed by atoms with E-state index in [9.17, 15) is 5.11 Å². The maximum absolute atomic E-state index is 10.3. The molecule has 1 fully saturated rings. The van der Waals surface area contributed by atoms with Crippen LogP contribution in [0.1, 0.15) is 31.2 Å². The highest BCUT2D eigenvalue weighted by molar-refractivity contribution is 5.10. The van der Waals surface area contributed by atoms with Crippen LogP contribution in [0, 0.1) is 0 Å². The Morgan fingerprint density at radius 1 is 1.50 bits per heavy atom. The molecule has 2 heterocycles. The summed E-state index contributed by atoms with van der Waals surface area (Å²) in [5.74, 6) is 0. The lowest BCUT2D eigenvalue weighted by Crippen LogP contribution is -2.44. The van der Waals surface area contributed by atoms with E-state index >= 15 is 0 Å². The first kappa shape index (κ1) is 13.5.